The molecule has 0 aromatic heterocycles. The number of ether oxygens (including phenoxy) is 2. The number of rotatable bonds is 23. The molecular weight excluding hydrogens is 344 g/mol. The average molecular weight is 395 g/mol. The number of unbranched alkanes of at least 4 members (excludes halogenated alkanes) is 9. The Morgan fingerprint density at radius 1 is 0.500 bits per heavy atom. The molecule has 0 aliphatic heterocycles. The van der Waals surface area contributed by atoms with Crippen LogP contribution >= 0.6 is 0 Å². The molecule has 0 spiro atoms. The third-order valence-electron chi connectivity index (χ3n) is 5.80. The molecule has 0 aromatic rings. The molecule has 0 saturated carbocycles. The fourth-order valence-electron chi connectivity index (χ4n) is 3.86. The highest BCUT2D eigenvalue weighted by Crippen LogP contribution is 2.21. The van der Waals surface area contributed by atoms with Gasteiger partial charge in [-0.2, -0.15) is 0 Å². The van der Waals surface area contributed by atoms with Crippen LogP contribution in [0, 0.1) is 11.8 Å². The lowest BCUT2D eigenvalue weighted by Gasteiger charge is -2.13. The molecule has 0 aliphatic rings. The van der Waals surface area contributed by atoms with E-state index in [-0.39, 0.29) is 0 Å². The summed E-state index contributed by atoms with van der Waals surface area (Å²) in [6.45, 7) is 13.7. The summed E-state index contributed by atoms with van der Waals surface area (Å²) in [5.74, 6) is 1.81. The predicted octanol–water partition coefficient (Wildman–Crippen LogP) is 8.82. The van der Waals surface area contributed by atoms with Gasteiger partial charge in [-0.15, -0.1) is 0 Å². The SMILES string of the molecule is C=COCCCCCCCC(C)CCCCC(C)CCCCCCCOC=C. The van der Waals surface area contributed by atoms with Crippen molar-refractivity contribution in [2.75, 3.05) is 13.2 Å². The molecule has 2 atom stereocenters. The zero-order valence-corrected chi connectivity index (χ0v) is 19.3. The average Bonchev–Trinajstić information content (AvgIpc) is 2.69. The molecule has 0 radical (unpaired) electrons. The Morgan fingerprint density at radius 3 is 1.14 bits per heavy atom. The molecule has 0 amide bonds. The Morgan fingerprint density at radius 2 is 0.786 bits per heavy atom. The van der Waals surface area contributed by atoms with Gasteiger partial charge in [0.05, 0.1) is 25.7 Å². The van der Waals surface area contributed by atoms with Crippen LogP contribution in [0.3, 0.4) is 0 Å². The first kappa shape index (κ1) is 27.1. The molecule has 0 aromatic carbocycles. The fourth-order valence-corrected chi connectivity index (χ4v) is 3.86. The van der Waals surface area contributed by atoms with E-state index < -0.39 is 0 Å². The summed E-state index contributed by atoms with van der Waals surface area (Å²) in [5, 5.41) is 0. The van der Waals surface area contributed by atoms with Gasteiger partial charge in [0.1, 0.15) is 0 Å². The molecule has 0 aliphatic carbocycles. The molecule has 28 heavy (non-hydrogen) atoms. The molecule has 0 saturated heterocycles. The molecule has 2 heteroatoms. The highest BCUT2D eigenvalue weighted by atomic mass is 16.5. The Labute approximate surface area is 177 Å². The van der Waals surface area contributed by atoms with Crippen LogP contribution in [0.15, 0.2) is 25.7 Å². The smallest absolute Gasteiger partial charge is 0.0873 e. The molecule has 2 nitrogen and oxygen atoms in total. The Hall–Kier alpha value is -0.920. The molecular formula is C26H50O2. The zero-order chi connectivity index (χ0) is 20.7. The highest BCUT2D eigenvalue weighted by molar-refractivity contribution is 4.59. The maximum atomic E-state index is 5.16. The topological polar surface area (TPSA) is 18.5 Å². The summed E-state index contributed by atoms with van der Waals surface area (Å²) < 4.78 is 10.3. The summed E-state index contributed by atoms with van der Waals surface area (Å²) >= 11 is 0. The van der Waals surface area contributed by atoms with Crippen LogP contribution in [-0.4, -0.2) is 13.2 Å². The van der Waals surface area contributed by atoms with Crippen LogP contribution in [0.1, 0.15) is 117 Å². The Balaban J connectivity index is 3.29. The van der Waals surface area contributed by atoms with Gasteiger partial charge >= 0.3 is 0 Å². The lowest BCUT2D eigenvalue weighted by Crippen LogP contribution is -1.98. The summed E-state index contributed by atoms with van der Waals surface area (Å²) in [4.78, 5) is 0. The second-order valence-corrected chi connectivity index (χ2v) is 8.68. The van der Waals surface area contributed by atoms with Crippen LogP contribution in [-0.2, 0) is 9.47 Å². The van der Waals surface area contributed by atoms with E-state index in [2.05, 4.69) is 27.0 Å². The first-order chi connectivity index (χ1) is 13.7. The van der Waals surface area contributed by atoms with Crippen molar-refractivity contribution in [2.45, 2.75) is 117 Å². The molecule has 0 rings (SSSR count). The monoisotopic (exact) mass is 394 g/mol. The Kier molecular flexibility index (Phi) is 21.6. The van der Waals surface area contributed by atoms with E-state index in [0.717, 1.165) is 25.0 Å². The van der Waals surface area contributed by atoms with Crippen molar-refractivity contribution in [1.29, 1.82) is 0 Å². The predicted molar refractivity (Wildman–Crippen MR) is 124 cm³/mol. The highest BCUT2D eigenvalue weighted by Gasteiger charge is 2.05. The van der Waals surface area contributed by atoms with Gasteiger partial charge < -0.3 is 9.47 Å². The van der Waals surface area contributed by atoms with Crippen molar-refractivity contribution >= 4 is 0 Å². The van der Waals surface area contributed by atoms with Crippen LogP contribution in [0.5, 0.6) is 0 Å². The summed E-state index contributed by atoms with van der Waals surface area (Å²) in [6.07, 6.45) is 24.8. The quantitative estimate of drug-likeness (QED) is 0.127. The maximum absolute atomic E-state index is 5.16. The van der Waals surface area contributed by atoms with E-state index in [1.807, 2.05) is 0 Å². The van der Waals surface area contributed by atoms with Crippen molar-refractivity contribution < 1.29 is 9.47 Å². The van der Waals surface area contributed by atoms with E-state index in [1.54, 1.807) is 12.5 Å². The van der Waals surface area contributed by atoms with Gasteiger partial charge in [0.15, 0.2) is 0 Å². The van der Waals surface area contributed by atoms with E-state index in [9.17, 15) is 0 Å². The standard InChI is InChI=1S/C26H50O2/c1-5-27-23-17-11-7-9-13-19-25(3)21-15-16-22-26(4)20-14-10-8-12-18-24-28-6-2/h5-6,25-26H,1-2,7-24H2,3-4H3. The van der Waals surface area contributed by atoms with Gasteiger partial charge in [0, 0.05) is 0 Å². The summed E-state index contributed by atoms with van der Waals surface area (Å²) in [5.41, 5.74) is 0. The molecule has 0 heterocycles. The zero-order valence-electron chi connectivity index (χ0n) is 19.3. The first-order valence-electron chi connectivity index (χ1n) is 12.2. The van der Waals surface area contributed by atoms with Crippen LogP contribution in [0.4, 0.5) is 0 Å². The number of hydrogen-bond acceptors (Lipinski definition) is 2. The second kappa shape index (κ2) is 22.4. The van der Waals surface area contributed by atoms with Gasteiger partial charge in [-0.3, -0.25) is 0 Å². The third kappa shape index (κ3) is 21.4. The minimum atomic E-state index is 0.837. The van der Waals surface area contributed by atoms with Crippen molar-refractivity contribution in [3.05, 3.63) is 25.7 Å². The van der Waals surface area contributed by atoms with E-state index >= 15 is 0 Å². The maximum Gasteiger partial charge on any atom is 0.0873 e. The van der Waals surface area contributed by atoms with Crippen molar-refractivity contribution in [1.82, 2.24) is 0 Å². The van der Waals surface area contributed by atoms with Crippen molar-refractivity contribution in [2.24, 2.45) is 11.8 Å². The second-order valence-electron chi connectivity index (χ2n) is 8.68. The largest absolute Gasteiger partial charge is 0.502 e. The third-order valence-corrected chi connectivity index (χ3v) is 5.80. The summed E-state index contributed by atoms with van der Waals surface area (Å²) in [6, 6.07) is 0. The Bertz CT molecular complexity index is 294. The van der Waals surface area contributed by atoms with E-state index in [0.29, 0.717) is 0 Å². The van der Waals surface area contributed by atoms with Crippen molar-refractivity contribution in [3.63, 3.8) is 0 Å². The van der Waals surface area contributed by atoms with Gasteiger partial charge in [-0.25, -0.2) is 0 Å². The first-order valence-corrected chi connectivity index (χ1v) is 12.2. The molecule has 0 N–H and O–H groups in total. The van der Waals surface area contributed by atoms with E-state index in [1.165, 1.54) is 103 Å². The molecule has 0 fully saturated rings. The minimum absolute atomic E-state index is 0.837. The normalized spacial score (nSPS) is 13.1. The van der Waals surface area contributed by atoms with Gasteiger partial charge in [-0.05, 0) is 24.7 Å². The van der Waals surface area contributed by atoms with Crippen molar-refractivity contribution in [3.8, 4) is 0 Å². The van der Waals surface area contributed by atoms with Gasteiger partial charge in [0.25, 0.3) is 0 Å². The minimum Gasteiger partial charge on any atom is -0.502 e. The van der Waals surface area contributed by atoms with Crippen LogP contribution in [0.25, 0.3) is 0 Å². The number of hydrogen-bond donors (Lipinski definition) is 0. The fraction of sp³-hybridized carbons (Fsp3) is 0.846. The lowest BCUT2D eigenvalue weighted by molar-refractivity contribution is 0.241. The summed E-state index contributed by atoms with van der Waals surface area (Å²) in [7, 11) is 0. The van der Waals surface area contributed by atoms with Crippen LogP contribution in [0.2, 0.25) is 0 Å². The van der Waals surface area contributed by atoms with Gasteiger partial charge in [-0.1, -0.05) is 117 Å². The van der Waals surface area contributed by atoms with Crippen LogP contribution < -0.4 is 0 Å². The molecule has 0 bridgehead atoms. The van der Waals surface area contributed by atoms with Gasteiger partial charge in [0.2, 0.25) is 0 Å². The van der Waals surface area contributed by atoms with E-state index in [4.69, 9.17) is 9.47 Å². The lowest BCUT2D eigenvalue weighted by atomic mass is 9.93. The molecule has 2 unspecified atom stereocenters. The molecule has 166 valence electrons.